The summed E-state index contributed by atoms with van der Waals surface area (Å²) in [4.78, 5) is 24.1. The second-order valence-electron chi connectivity index (χ2n) is 5.52. The number of carbonyl (C=O) groups is 2. The van der Waals surface area contributed by atoms with Gasteiger partial charge in [0.15, 0.2) is 5.76 Å². The third-order valence-electron chi connectivity index (χ3n) is 3.89. The molecular formula is C16H18N2O3. The largest absolute Gasteiger partial charge is 0.451 e. The van der Waals surface area contributed by atoms with Crippen LogP contribution in [0.25, 0.3) is 11.0 Å². The molecule has 2 heterocycles. The van der Waals surface area contributed by atoms with Crippen LogP contribution in [0.2, 0.25) is 0 Å². The molecule has 3 rings (SSSR count). The van der Waals surface area contributed by atoms with Crippen LogP contribution in [0.5, 0.6) is 0 Å². The maximum absolute atomic E-state index is 12.3. The summed E-state index contributed by atoms with van der Waals surface area (Å²) in [6.07, 6.45) is 1.53. The van der Waals surface area contributed by atoms with Gasteiger partial charge in [0, 0.05) is 17.5 Å². The lowest BCUT2D eigenvalue weighted by atomic mass is 10.1. The molecule has 2 amide bonds. The van der Waals surface area contributed by atoms with E-state index in [1.807, 2.05) is 32.0 Å². The fourth-order valence-electron chi connectivity index (χ4n) is 2.68. The van der Waals surface area contributed by atoms with E-state index in [1.165, 1.54) is 0 Å². The van der Waals surface area contributed by atoms with Crippen molar-refractivity contribution in [3.8, 4) is 0 Å². The minimum Gasteiger partial charge on any atom is -0.451 e. The molecule has 1 saturated heterocycles. The summed E-state index contributed by atoms with van der Waals surface area (Å²) in [5, 5.41) is 6.44. The van der Waals surface area contributed by atoms with E-state index in [9.17, 15) is 9.59 Å². The third kappa shape index (κ3) is 2.51. The lowest BCUT2D eigenvalue weighted by molar-refractivity contribution is -0.124. The van der Waals surface area contributed by atoms with Crippen molar-refractivity contribution in [2.75, 3.05) is 6.54 Å². The Hall–Kier alpha value is -2.30. The standard InChI is InChI=1S/C16H18N2O3/c1-9-5-6-11-10(2)14(21-13(11)8-9)16(20)18-12-4-3-7-17-15(12)19/h5-6,8,12H,3-4,7H2,1-2H3,(H,17,19)(H,18,20)/t12-/m0/s1. The van der Waals surface area contributed by atoms with Gasteiger partial charge in [-0.25, -0.2) is 0 Å². The van der Waals surface area contributed by atoms with E-state index in [0.29, 0.717) is 18.5 Å². The predicted molar refractivity (Wildman–Crippen MR) is 79.2 cm³/mol. The first-order valence-corrected chi connectivity index (χ1v) is 7.14. The molecule has 1 fully saturated rings. The van der Waals surface area contributed by atoms with Crippen LogP contribution in [0.3, 0.4) is 0 Å². The fraction of sp³-hybridized carbons (Fsp3) is 0.375. The van der Waals surface area contributed by atoms with E-state index >= 15 is 0 Å². The van der Waals surface area contributed by atoms with Crippen molar-refractivity contribution in [3.63, 3.8) is 0 Å². The molecule has 0 radical (unpaired) electrons. The average Bonchev–Trinajstić information content (AvgIpc) is 2.78. The Balaban J connectivity index is 1.87. The highest BCUT2D eigenvalue weighted by molar-refractivity contribution is 6.01. The van der Waals surface area contributed by atoms with Crippen LogP contribution < -0.4 is 10.6 Å². The number of fused-ring (bicyclic) bond motifs is 1. The van der Waals surface area contributed by atoms with Gasteiger partial charge in [0.25, 0.3) is 5.91 Å². The summed E-state index contributed by atoms with van der Waals surface area (Å²) in [6.45, 7) is 4.51. The van der Waals surface area contributed by atoms with E-state index in [2.05, 4.69) is 10.6 Å². The van der Waals surface area contributed by atoms with Crippen molar-refractivity contribution < 1.29 is 14.0 Å². The molecule has 0 saturated carbocycles. The maximum atomic E-state index is 12.3. The summed E-state index contributed by atoms with van der Waals surface area (Å²) in [7, 11) is 0. The van der Waals surface area contributed by atoms with Crippen LogP contribution in [0, 0.1) is 13.8 Å². The third-order valence-corrected chi connectivity index (χ3v) is 3.89. The second-order valence-corrected chi connectivity index (χ2v) is 5.52. The van der Waals surface area contributed by atoms with Crippen LogP contribution in [-0.2, 0) is 4.79 Å². The molecule has 1 atom stereocenters. The maximum Gasteiger partial charge on any atom is 0.287 e. The molecule has 0 unspecified atom stereocenters. The SMILES string of the molecule is Cc1ccc2c(C)c(C(=O)N[C@H]3CCCNC3=O)oc2c1. The molecule has 1 aromatic carbocycles. The molecule has 2 N–H and O–H groups in total. The number of nitrogens with one attached hydrogen (secondary N) is 2. The van der Waals surface area contributed by atoms with Crippen LogP contribution in [0.1, 0.15) is 34.5 Å². The van der Waals surface area contributed by atoms with Crippen molar-refractivity contribution in [1.82, 2.24) is 10.6 Å². The van der Waals surface area contributed by atoms with Gasteiger partial charge in [0.1, 0.15) is 11.6 Å². The highest BCUT2D eigenvalue weighted by Crippen LogP contribution is 2.26. The summed E-state index contributed by atoms with van der Waals surface area (Å²) in [5.74, 6) is -0.170. The molecule has 0 spiro atoms. The van der Waals surface area contributed by atoms with Crippen molar-refractivity contribution in [3.05, 3.63) is 35.1 Å². The number of amides is 2. The molecule has 2 aromatic rings. The Morgan fingerprint density at radius 2 is 2.19 bits per heavy atom. The number of hydrogen-bond donors (Lipinski definition) is 2. The van der Waals surface area contributed by atoms with E-state index in [-0.39, 0.29) is 17.6 Å². The van der Waals surface area contributed by atoms with Gasteiger partial charge in [0.05, 0.1) is 0 Å². The van der Waals surface area contributed by atoms with Gasteiger partial charge < -0.3 is 15.1 Å². The van der Waals surface area contributed by atoms with E-state index in [4.69, 9.17) is 4.42 Å². The zero-order valence-electron chi connectivity index (χ0n) is 12.2. The number of piperidine rings is 1. The molecule has 5 nitrogen and oxygen atoms in total. The van der Waals surface area contributed by atoms with Gasteiger partial charge in [-0.05, 0) is 38.3 Å². The number of carbonyl (C=O) groups excluding carboxylic acids is 2. The Bertz CT molecular complexity index is 718. The normalized spacial score (nSPS) is 18.6. The van der Waals surface area contributed by atoms with Crippen molar-refractivity contribution in [2.24, 2.45) is 0 Å². The van der Waals surface area contributed by atoms with E-state index < -0.39 is 6.04 Å². The topological polar surface area (TPSA) is 71.3 Å². The Morgan fingerprint density at radius 3 is 2.95 bits per heavy atom. The first kappa shape index (κ1) is 13.7. The summed E-state index contributed by atoms with van der Waals surface area (Å²) in [5.41, 5.74) is 2.58. The minimum atomic E-state index is -0.472. The first-order valence-electron chi connectivity index (χ1n) is 7.14. The molecule has 1 aliphatic heterocycles. The lowest BCUT2D eigenvalue weighted by Crippen LogP contribution is -2.50. The van der Waals surface area contributed by atoms with Gasteiger partial charge in [0.2, 0.25) is 5.91 Å². The van der Waals surface area contributed by atoms with Crippen LogP contribution in [-0.4, -0.2) is 24.4 Å². The smallest absolute Gasteiger partial charge is 0.287 e. The number of rotatable bonds is 2. The Labute approximate surface area is 122 Å². The zero-order chi connectivity index (χ0) is 15.0. The molecule has 0 bridgehead atoms. The molecule has 110 valence electrons. The van der Waals surface area contributed by atoms with Gasteiger partial charge in [-0.15, -0.1) is 0 Å². The van der Waals surface area contributed by atoms with Crippen LogP contribution >= 0.6 is 0 Å². The summed E-state index contributed by atoms with van der Waals surface area (Å²) < 4.78 is 5.67. The van der Waals surface area contributed by atoms with E-state index in [0.717, 1.165) is 22.9 Å². The minimum absolute atomic E-state index is 0.126. The molecular weight excluding hydrogens is 268 g/mol. The summed E-state index contributed by atoms with van der Waals surface area (Å²) >= 11 is 0. The quantitative estimate of drug-likeness (QED) is 0.887. The summed E-state index contributed by atoms with van der Waals surface area (Å²) in [6, 6.07) is 5.38. The highest BCUT2D eigenvalue weighted by atomic mass is 16.3. The average molecular weight is 286 g/mol. The van der Waals surface area contributed by atoms with E-state index in [1.54, 1.807) is 0 Å². The molecule has 0 aliphatic carbocycles. The fourth-order valence-corrected chi connectivity index (χ4v) is 2.68. The Kier molecular flexibility index (Phi) is 3.41. The monoisotopic (exact) mass is 286 g/mol. The van der Waals surface area contributed by atoms with Crippen molar-refractivity contribution >= 4 is 22.8 Å². The Morgan fingerprint density at radius 1 is 1.38 bits per heavy atom. The number of furan rings is 1. The number of hydrogen-bond acceptors (Lipinski definition) is 3. The second kappa shape index (κ2) is 5.24. The van der Waals surface area contributed by atoms with Gasteiger partial charge in [-0.1, -0.05) is 12.1 Å². The van der Waals surface area contributed by atoms with Gasteiger partial charge in [-0.2, -0.15) is 0 Å². The first-order chi connectivity index (χ1) is 10.1. The van der Waals surface area contributed by atoms with Gasteiger partial charge in [-0.3, -0.25) is 9.59 Å². The lowest BCUT2D eigenvalue weighted by Gasteiger charge is -2.22. The molecule has 5 heteroatoms. The van der Waals surface area contributed by atoms with Gasteiger partial charge >= 0.3 is 0 Å². The molecule has 21 heavy (non-hydrogen) atoms. The number of aryl methyl sites for hydroxylation is 2. The van der Waals surface area contributed by atoms with Crippen molar-refractivity contribution in [2.45, 2.75) is 32.7 Å². The molecule has 1 aliphatic rings. The number of benzene rings is 1. The van der Waals surface area contributed by atoms with Crippen LogP contribution in [0.4, 0.5) is 0 Å². The zero-order valence-corrected chi connectivity index (χ0v) is 12.2. The van der Waals surface area contributed by atoms with Crippen LogP contribution in [0.15, 0.2) is 22.6 Å². The predicted octanol–water partition coefficient (Wildman–Crippen LogP) is 2.06. The van der Waals surface area contributed by atoms with Crippen molar-refractivity contribution in [1.29, 1.82) is 0 Å². The highest BCUT2D eigenvalue weighted by Gasteiger charge is 2.26. The molecule has 1 aromatic heterocycles.